The fourth-order valence-corrected chi connectivity index (χ4v) is 1.15. The van der Waals surface area contributed by atoms with Crippen LogP contribution in [0.4, 0.5) is 0 Å². The summed E-state index contributed by atoms with van der Waals surface area (Å²) in [5.41, 5.74) is 0.394. The molecule has 1 rings (SSSR count). The molecular weight excluding hydrogens is 182 g/mol. The topological polar surface area (TPSA) is 59.3 Å². The molecule has 0 unspecified atom stereocenters. The second kappa shape index (κ2) is 3.79. The molecule has 0 spiro atoms. The highest BCUT2D eigenvalue weighted by Crippen LogP contribution is 2.09. The quantitative estimate of drug-likeness (QED) is 0.573. The minimum Gasteiger partial charge on any atom is -0.478 e. The molecule has 0 amide bonds. The Labute approximate surface area is 81.2 Å². The first-order valence-corrected chi connectivity index (χ1v) is 3.94. The number of aromatic nitrogens is 1. The predicted molar refractivity (Wildman–Crippen MR) is 50.2 cm³/mol. The van der Waals surface area contributed by atoms with Crippen LogP contribution in [-0.2, 0) is 6.54 Å². The monoisotopic (exact) mass is 191 g/mol. The van der Waals surface area contributed by atoms with E-state index in [2.05, 4.69) is 5.92 Å². The normalized spacial score (nSPS) is 9.43. The van der Waals surface area contributed by atoms with Crippen molar-refractivity contribution < 1.29 is 14.7 Å². The fourth-order valence-electron chi connectivity index (χ4n) is 1.15. The summed E-state index contributed by atoms with van der Waals surface area (Å²) in [6.45, 7) is 1.57. The molecule has 0 aliphatic carbocycles. The van der Waals surface area contributed by atoms with Gasteiger partial charge >= 0.3 is 5.97 Å². The number of carboxylic acids is 1. The smallest absolute Gasteiger partial charge is 0.337 e. The Morgan fingerprint density at radius 3 is 2.71 bits per heavy atom. The molecule has 0 saturated heterocycles. The molecule has 0 aliphatic heterocycles. The number of ketones is 1. The van der Waals surface area contributed by atoms with Crippen LogP contribution in [0, 0.1) is 12.3 Å². The number of hydrogen-bond donors (Lipinski definition) is 1. The molecule has 0 bridgehead atoms. The molecule has 0 radical (unpaired) electrons. The van der Waals surface area contributed by atoms with E-state index in [1.807, 2.05) is 0 Å². The summed E-state index contributed by atoms with van der Waals surface area (Å²) in [5, 5.41) is 8.70. The van der Waals surface area contributed by atoms with E-state index in [1.165, 1.54) is 23.8 Å². The van der Waals surface area contributed by atoms with E-state index in [0.29, 0.717) is 5.69 Å². The molecule has 72 valence electrons. The maximum absolute atomic E-state index is 11.1. The summed E-state index contributed by atoms with van der Waals surface area (Å²) in [5.74, 6) is 1.08. The van der Waals surface area contributed by atoms with E-state index in [9.17, 15) is 9.59 Å². The standard InChI is InChI=1S/C10H9NO3/c1-3-4-11-6-8(10(13)14)5-9(11)7(2)12/h1,5-6H,4H2,2H3,(H,13,14). The third-order valence-corrected chi connectivity index (χ3v) is 1.77. The van der Waals surface area contributed by atoms with Gasteiger partial charge in [0.05, 0.1) is 17.8 Å². The van der Waals surface area contributed by atoms with Gasteiger partial charge in [0, 0.05) is 13.1 Å². The van der Waals surface area contributed by atoms with Crippen molar-refractivity contribution in [2.75, 3.05) is 0 Å². The maximum atomic E-state index is 11.1. The summed E-state index contributed by atoms with van der Waals surface area (Å²) in [6.07, 6.45) is 6.45. The number of carbonyl (C=O) groups is 2. The first-order chi connectivity index (χ1) is 6.56. The van der Waals surface area contributed by atoms with E-state index < -0.39 is 5.97 Å². The Kier molecular flexibility index (Phi) is 2.73. The molecule has 0 aliphatic rings. The van der Waals surface area contributed by atoms with Gasteiger partial charge in [0.25, 0.3) is 0 Å². The number of terminal acetylenes is 1. The third-order valence-electron chi connectivity index (χ3n) is 1.77. The van der Waals surface area contributed by atoms with E-state index in [4.69, 9.17) is 11.5 Å². The van der Waals surface area contributed by atoms with Gasteiger partial charge in [-0.2, -0.15) is 0 Å². The lowest BCUT2D eigenvalue weighted by atomic mass is 10.2. The SMILES string of the molecule is C#CCn1cc(C(=O)O)cc1C(C)=O. The van der Waals surface area contributed by atoms with Crippen LogP contribution < -0.4 is 0 Å². The van der Waals surface area contributed by atoms with Crippen molar-refractivity contribution in [1.29, 1.82) is 0 Å². The van der Waals surface area contributed by atoms with Crippen molar-refractivity contribution in [1.82, 2.24) is 4.57 Å². The molecule has 14 heavy (non-hydrogen) atoms. The molecule has 1 N–H and O–H groups in total. The van der Waals surface area contributed by atoms with Gasteiger partial charge in [-0.1, -0.05) is 5.92 Å². The Bertz CT molecular complexity index is 423. The Morgan fingerprint density at radius 2 is 2.29 bits per heavy atom. The average molecular weight is 191 g/mol. The van der Waals surface area contributed by atoms with Gasteiger partial charge in [-0.15, -0.1) is 6.42 Å². The highest BCUT2D eigenvalue weighted by molar-refractivity contribution is 5.96. The molecule has 1 aromatic heterocycles. The Balaban J connectivity index is 3.20. The van der Waals surface area contributed by atoms with E-state index in [-0.39, 0.29) is 17.9 Å². The highest BCUT2D eigenvalue weighted by atomic mass is 16.4. The summed E-state index contributed by atoms with van der Waals surface area (Å²) in [6, 6.07) is 1.32. The van der Waals surface area contributed by atoms with Crippen molar-refractivity contribution in [3.05, 3.63) is 23.5 Å². The first-order valence-electron chi connectivity index (χ1n) is 3.94. The predicted octanol–water partition coefficient (Wildman–Crippen LogP) is 1.02. The number of carbonyl (C=O) groups excluding carboxylic acids is 1. The second-order valence-electron chi connectivity index (χ2n) is 2.81. The van der Waals surface area contributed by atoms with Crippen LogP contribution in [0.5, 0.6) is 0 Å². The number of rotatable bonds is 3. The molecule has 0 saturated carbocycles. The lowest BCUT2D eigenvalue weighted by molar-refractivity contribution is 0.0697. The van der Waals surface area contributed by atoms with Crippen LogP contribution in [0.25, 0.3) is 0 Å². The lowest BCUT2D eigenvalue weighted by Gasteiger charge is -1.99. The van der Waals surface area contributed by atoms with Crippen LogP contribution in [0.1, 0.15) is 27.8 Å². The number of hydrogen-bond acceptors (Lipinski definition) is 2. The van der Waals surface area contributed by atoms with Crippen LogP contribution in [0.2, 0.25) is 0 Å². The molecule has 0 aromatic carbocycles. The molecular formula is C10H9NO3. The van der Waals surface area contributed by atoms with Gasteiger partial charge in [-0.05, 0) is 6.07 Å². The van der Waals surface area contributed by atoms with Crippen LogP contribution >= 0.6 is 0 Å². The molecule has 0 atom stereocenters. The summed E-state index contributed by atoms with van der Waals surface area (Å²) in [4.78, 5) is 21.7. The largest absolute Gasteiger partial charge is 0.478 e. The van der Waals surface area contributed by atoms with Gasteiger partial charge < -0.3 is 9.67 Å². The Hall–Kier alpha value is -2.02. The van der Waals surface area contributed by atoms with Crippen LogP contribution in [-0.4, -0.2) is 21.4 Å². The van der Waals surface area contributed by atoms with Crippen LogP contribution in [0.3, 0.4) is 0 Å². The second-order valence-corrected chi connectivity index (χ2v) is 2.81. The number of aromatic carboxylic acids is 1. The summed E-state index contributed by atoms with van der Waals surface area (Å²) >= 11 is 0. The zero-order valence-corrected chi connectivity index (χ0v) is 7.65. The summed E-state index contributed by atoms with van der Waals surface area (Å²) in [7, 11) is 0. The van der Waals surface area contributed by atoms with Crippen molar-refractivity contribution in [2.24, 2.45) is 0 Å². The number of Topliss-reactive ketones (excluding diaryl/α,β-unsaturated/α-hetero) is 1. The van der Waals surface area contributed by atoms with Crippen molar-refractivity contribution in [2.45, 2.75) is 13.5 Å². The van der Waals surface area contributed by atoms with Gasteiger partial charge in [0.2, 0.25) is 0 Å². The average Bonchev–Trinajstić information content (AvgIpc) is 2.49. The van der Waals surface area contributed by atoms with Crippen molar-refractivity contribution in [3.63, 3.8) is 0 Å². The van der Waals surface area contributed by atoms with E-state index in [1.54, 1.807) is 0 Å². The van der Waals surface area contributed by atoms with Crippen LogP contribution in [0.15, 0.2) is 12.3 Å². The van der Waals surface area contributed by atoms with Gasteiger partial charge in [-0.25, -0.2) is 4.79 Å². The highest BCUT2D eigenvalue weighted by Gasteiger charge is 2.12. The Morgan fingerprint density at radius 1 is 1.64 bits per heavy atom. The van der Waals surface area contributed by atoms with E-state index in [0.717, 1.165) is 0 Å². The molecule has 0 fully saturated rings. The van der Waals surface area contributed by atoms with Gasteiger partial charge in [0.1, 0.15) is 0 Å². The first kappa shape index (κ1) is 10.1. The maximum Gasteiger partial charge on any atom is 0.337 e. The molecule has 1 heterocycles. The number of carboxylic acid groups (broad SMARTS) is 1. The van der Waals surface area contributed by atoms with E-state index >= 15 is 0 Å². The summed E-state index contributed by atoms with van der Waals surface area (Å²) < 4.78 is 1.45. The molecule has 1 aromatic rings. The fraction of sp³-hybridized carbons (Fsp3) is 0.200. The third kappa shape index (κ3) is 1.83. The van der Waals surface area contributed by atoms with Gasteiger partial charge in [-0.3, -0.25) is 4.79 Å². The molecule has 4 nitrogen and oxygen atoms in total. The zero-order chi connectivity index (χ0) is 10.7. The van der Waals surface area contributed by atoms with Gasteiger partial charge in [0.15, 0.2) is 5.78 Å². The molecule has 4 heteroatoms. The minimum absolute atomic E-state index is 0.0745. The number of nitrogens with zero attached hydrogens (tertiary/aromatic N) is 1. The zero-order valence-electron chi connectivity index (χ0n) is 7.65. The van der Waals surface area contributed by atoms with Crippen molar-refractivity contribution in [3.8, 4) is 12.3 Å². The lowest BCUT2D eigenvalue weighted by Crippen LogP contribution is -2.04. The minimum atomic E-state index is -1.07. The van der Waals surface area contributed by atoms with Crippen molar-refractivity contribution >= 4 is 11.8 Å².